The van der Waals surface area contributed by atoms with Crippen molar-refractivity contribution in [2.45, 2.75) is 19.3 Å². The Balaban J connectivity index is 1.55. The molecule has 5 heteroatoms. The van der Waals surface area contributed by atoms with Gasteiger partial charge in [0.15, 0.2) is 0 Å². The van der Waals surface area contributed by atoms with Crippen LogP contribution in [-0.2, 0) is 17.6 Å². The van der Waals surface area contributed by atoms with E-state index in [2.05, 4.69) is 10.6 Å². The van der Waals surface area contributed by atoms with Gasteiger partial charge in [-0.25, -0.2) is 0 Å². The number of aryl methyl sites for hydroxylation is 1. The molecule has 4 nitrogen and oxygen atoms in total. The summed E-state index contributed by atoms with van der Waals surface area (Å²) < 4.78 is 0. The average Bonchev–Trinajstić information content (AvgIpc) is 2.74. The molecule has 3 aromatic carbocycles. The molecular weight excluding hydrogens is 384 g/mol. The van der Waals surface area contributed by atoms with Crippen molar-refractivity contribution in [1.82, 2.24) is 5.32 Å². The zero-order valence-corrected chi connectivity index (χ0v) is 16.8. The first-order chi connectivity index (χ1) is 14.1. The number of anilines is 1. The highest BCUT2D eigenvalue weighted by molar-refractivity contribution is 6.31. The fourth-order valence-corrected chi connectivity index (χ4v) is 3.24. The van der Waals surface area contributed by atoms with Crippen LogP contribution >= 0.6 is 11.6 Å². The van der Waals surface area contributed by atoms with Gasteiger partial charge >= 0.3 is 0 Å². The van der Waals surface area contributed by atoms with Crippen molar-refractivity contribution in [1.29, 1.82) is 0 Å². The van der Waals surface area contributed by atoms with E-state index in [4.69, 9.17) is 11.6 Å². The minimum atomic E-state index is -0.206. The lowest BCUT2D eigenvalue weighted by molar-refractivity contribution is -0.116. The van der Waals surface area contributed by atoms with Gasteiger partial charge in [0.25, 0.3) is 5.91 Å². The maximum atomic E-state index is 12.6. The molecule has 0 aromatic heterocycles. The number of carbonyl (C=O) groups excluding carboxylic acids is 2. The molecule has 3 rings (SSSR count). The smallest absolute Gasteiger partial charge is 0.253 e. The lowest BCUT2D eigenvalue weighted by Crippen LogP contribution is -2.27. The predicted octanol–water partition coefficient (Wildman–Crippen LogP) is 4.88. The van der Waals surface area contributed by atoms with Crippen molar-refractivity contribution in [2.24, 2.45) is 0 Å². The molecule has 0 aliphatic rings. The van der Waals surface area contributed by atoms with E-state index >= 15 is 0 Å². The summed E-state index contributed by atoms with van der Waals surface area (Å²) in [5.74, 6) is -0.364. The molecule has 148 valence electrons. The summed E-state index contributed by atoms with van der Waals surface area (Å²) in [7, 11) is 0. The van der Waals surface area contributed by atoms with E-state index < -0.39 is 0 Å². The molecule has 0 spiro atoms. The Kier molecular flexibility index (Phi) is 7.42. The second-order valence-corrected chi connectivity index (χ2v) is 7.08. The summed E-state index contributed by atoms with van der Waals surface area (Å²) >= 11 is 6.14. The highest BCUT2D eigenvalue weighted by atomic mass is 35.5. The van der Waals surface area contributed by atoms with Gasteiger partial charge in [-0.05, 0) is 42.2 Å². The third kappa shape index (κ3) is 6.19. The average molecular weight is 407 g/mol. The molecule has 0 aliphatic heterocycles. The van der Waals surface area contributed by atoms with Crippen molar-refractivity contribution >= 4 is 29.1 Å². The number of hydrogen-bond donors (Lipinski definition) is 2. The lowest BCUT2D eigenvalue weighted by Gasteiger charge is -2.12. The SMILES string of the molecule is O=C(CCc1ccccc1Cl)Nc1ccccc1C(=O)NCCc1ccccc1. The maximum absolute atomic E-state index is 12.6. The fourth-order valence-electron chi connectivity index (χ4n) is 3.01. The van der Waals surface area contributed by atoms with Crippen LogP contribution in [-0.4, -0.2) is 18.4 Å². The highest BCUT2D eigenvalue weighted by Crippen LogP contribution is 2.18. The van der Waals surface area contributed by atoms with Gasteiger partial charge < -0.3 is 10.6 Å². The molecule has 0 unspecified atom stereocenters. The number of para-hydroxylation sites is 1. The Labute approximate surface area is 175 Å². The summed E-state index contributed by atoms with van der Waals surface area (Å²) in [4.78, 5) is 25.0. The first-order valence-corrected chi connectivity index (χ1v) is 9.95. The molecule has 0 heterocycles. The third-order valence-electron chi connectivity index (χ3n) is 4.57. The van der Waals surface area contributed by atoms with E-state index in [1.165, 1.54) is 0 Å². The number of carbonyl (C=O) groups is 2. The van der Waals surface area contributed by atoms with E-state index in [1.54, 1.807) is 24.3 Å². The Bertz CT molecular complexity index is 973. The zero-order chi connectivity index (χ0) is 20.5. The van der Waals surface area contributed by atoms with Gasteiger partial charge in [0.05, 0.1) is 11.3 Å². The van der Waals surface area contributed by atoms with Crippen LogP contribution in [0.15, 0.2) is 78.9 Å². The van der Waals surface area contributed by atoms with E-state index in [1.807, 2.05) is 54.6 Å². The molecule has 0 radical (unpaired) electrons. The maximum Gasteiger partial charge on any atom is 0.253 e. The summed E-state index contributed by atoms with van der Waals surface area (Å²) in [6.07, 6.45) is 1.57. The van der Waals surface area contributed by atoms with E-state index in [-0.39, 0.29) is 18.2 Å². The molecule has 0 aliphatic carbocycles. The number of rotatable bonds is 8. The molecule has 0 saturated carbocycles. The largest absolute Gasteiger partial charge is 0.352 e. The van der Waals surface area contributed by atoms with Crippen LogP contribution in [0.2, 0.25) is 5.02 Å². The molecule has 3 aromatic rings. The molecule has 0 bridgehead atoms. The lowest BCUT2D eigenvalue weighted by atomic mass is 10.1. The monoisotopic (exact) mass is 406 g/mol. The Hall–Kier alpha value is -3.11. The Morgan fingerprint density at radius 3 is 2.28 bits per heavy atom. The Morgan fingerprint density at radius 2 is 1.48 bits per heavy atom. The Morgan fingerprint density at radius 1 is 0.793 bits per heavy atom. The van der Waals surface area contributed by atoms with Gasteiger partial charge in [0, 0.05) is 18.0 Å². The summed E-state index contributed by atoms with van der Waals surface area (Å²) in [5.41, 5.74) is 3.05. The van der Waals surface area contributed by atoms with Crippen LogP contribution in [0, 0.1) is 0 Å². The normalized spacial score (nSPS) is 10.4. The molecule has 29 heavy (non-hydrogen) atoms. The molecule has 0 atom stereocenters. The second-order valence-electron chi connectivity index (χ2n) is 6.68. The number of hydrogen-bond acceptors (Lipinski definition) is 2. The highest BCUT2D eigenvalue weighted by Gasteiger charge is 2.13. The minimum Gasteiger partial charge on any atom is -0.352 e. The third-order valence-corrected chi connectivity index (χ3v) is 4.94. The van der Waals surface area contributed by atoms with Crippen LogP contribution in [0.5, 0.6) is 0 Å². The van der Waals surface area contributed by atoms with Crippen molar-refractivity contribution in [2.75, 3.05) is 11.9 Å². The van der Waals surface area contributed by atoms with Gasteiger partial charge in [0.1, 0.15) is 0 Å². The van der Waals surface area contributed by atoms with Gasteiger partial charge in [0.2, 0.25) is 5.91 Å². The number of benzene rings is 3. The number of halogens is 1. The van der Waals surface area contributed by atoms with Gasteiger partial charge in [-0.3, -0.25) is 9.59 Å². The van der Waals surface area contributed by atoms with Crippen LogP contribution in [0.3, 0.4) is 0 Å². The molecule has 2 amide bonds. The van der Waals surface area contributed by atoms with Gasteiger partial charge in [-0.15, -0.1) is 0 Å². The van der Waals surface area contributed by atoms with Crippen LogP contribution in [0.25, 0.3) is 0 Å². The molecule has 0 fully saturated rings. The topological polar surface area (TPSA) is 58.2 Å². The van der Waals surface area contributed by atoms with Crippen molar-refractivity contribution in [3.63, 3.8) is 0 Å². The van der Waals surface area contributed by atoms with Crippen LogP contribution in [0.4, 0.5) is 5.69 Å². The summed E-state index contributed by atoms with van der Waals surface area (Å²) in [6, 6.07) is 24.5. The zero-order valence-electron chi connectivity index (χ0n) is 16.0. The first-order valence-electron chi connectivity index (χ1n) is 9.58. The van der Waals surface area contributed by atoms with Crippen molar-refractivity contribution < 1.29 is 9.59 Å². The van der Waals surface area contributed by atoms with Crippen LogP contribution in [0.1, 0.15) is 27.9 Å². The quantitative estimate of drug-likeness (QED) is 0.560. The van der Waals surface area contributed by atoms with Crippen LogP contribution < -0.4 is 10.6 Å². The van der Waals surface area contributed by atoms with E-state index in [0.717, 1.165) is 17.5 Å². The minimum absolute atomic E-state index is 0.158. The summed E-state index contributed by atoms with van der Waals surface area (Å²) in [5, 5.41) is 6.42. The fraction of sp³-hybridized carbons (Fsp3) is 0.167. The number of nitrogens with one attached hydrogen (secondary N) is 2. The molecule has 2 N–H and O–H groups in total. The van der Waals surface area contributed by atoms with Crippen molar-refractivity contribution in [3.05, 3.63) is 101 Å². The van der Waals surface area contributed by atoms with E-state index in [0.29, 0.717) is 29.2 Å². The van der Waals surface area contributed by atoms with Gasteiger partial charge in [-0.2, -0.15) is 0 Å². The first kappa shape index (κ1) is 20.6. The van der Waals surface area contributed by atoms with Gasteiger partial charge in [-0.1, -0.05) is 72.3 Å². The van der Waals surface area contributed by atoms with E-state index in [9.17, 15) is 9.59 Å². The predicted molar refractivity (Wildman–Crippen MR) is 117 cm³/mol. The molecule has 0 saturated heterocycles. The second kappa shape index (κ2) is 10.4. The standard InChI is InChI=1S/C24H23ClN2O2/c25-21-12-6-4-10-19(21)14-15-23(28)27-22-13-7-5-11-20(22)24(29)26-17-16-18-8-2-1-3-9-18/h1-13H,14-17H2,(H,26,29)(H,27,28). The number of amides is 2. The summed E-state index contributed by atoms with van der Waals surface area (Å²) in [6.45, 7) is 0.525. The molecular formula is C24H23ClN2O2. The van der Waals surface area contributed by atoms with Crippen molar-refractivity contribution in [3.8, 4) is 0 Å².